The molecule has 0 bridgehead atoms. The van der Waals surface area contributed by atoms with Crippen LogP contribution < -0.4 is 16.0 Å². The number of benzene rings is 2. The van der Waals surface area contributed by atoms with Crippen molar-refractivity contribution in [3.63, 3.8) is 0 Å². The normalized spacial score (nSPS) is 20.3. The molecule has 4 amide bonds. The zero-order valence-electron chi connectivity index (χ0n) is 15.8. The van der Waals surface area contributed by atoms with Gasteiger partial charge in [-0.25, -0.2) is 0 Å². The van der Waals surface area contributed by atoms with Gasteiger partial charge >= 0.3 is 0 Å². The minimum absolute atomic E-state index is 0.0862. The standard InChI is InChI=1S/C21H20N4O4/c1-21-11-10-18(27)25(21)16-9-5-3-7-14(16)20(29)24(21)12-17(26)23-15-8-4-2-6-13(15)19(22)28/h2-9H,10-12H2,1H3,(H2,22,28)(H,23,26)/t21-/m0/s1. The summed E-state index contributed by atoms with van der Waals surface area (Å²) in [7, 11) is 0. The molecule has 2 aromatic carbocycles. The highest BCUT2D eigenvalue weighted by Crippen LogP contribution is 2.43. The second-order valence-corrected chi connectivity index (χ2v) is 7.31. The Morgan fingerprint density at radius 3 is 2.55 bits per heavy atom. The number of carbonyl (C=O) groups excluding carboxylic acids is 4. The molecule has 0 aromatic heterocycles. The Hall–Kier alpha value is -3.68. The Labute approximate surface area is 167 Å². The van der Waals surface area contributed by atoms with Gasteiger partial charge in [0, 0.05) is 6.42 Å². The molecule has 0 spiro atoms. The first-order chi connectivity index (χ1) is 13.8. The molecule has 2 aliphatic heterocycles. The van der Waals surface area contributed by atoms with Gasteiger partial charge in [-0.15, -0.1) is 0 Å². The summed E-state index contributed by atoms with van der Waals surface area (Å²) in [6, 6.07) is 13.3. The van der Waals surface area contributed by atoms with Crippen molar-refractivity contribution in [2.75, 3.05) is 16.8 Å². The number of nitrogens with zero attached hydrogens (tertiary/aromatic N) is 2. The fourth-order valence-electron chi connectivity index (χ4n) is 4.08. The Balaban J connectivity index is 1.65. The van der Waals surface area contributed by atoms with Crippen LogP contribution >= 0.6 is 0 Å². The molecule has 29 heavy (non-hydrogen) atoms. The third-order valence-electron chi connectivity index (χ3n) is 5.51. The summed E-state index contributed by atoms with van der Waals surface area (Å²) in [6.07, 6.45) is 0.720. The second-order valence-electron chi connectivity index (χ2n) is 7.31. The van der Waals surface area contributed by atoms with Crippen molar-refractivity contribution in [2.45, 2.75) is 25.4 Å². The van der Waals surface area contributed by atoms with Gasteiger partial charge in [-0.3, -0.25) is 24.1 Å². The number of amides is 4. The summed E-state index contributed by atoms with van der Waals surface area (Å²) in [6.45, 7) is 1.52. The van der Waals surface area contributed by atoms with Gasteiger partial charge in [-0.05, 0) is 37.6 Å². The number of anilines is 2. The number of para-hydroxylation sites is 2. The van der Waals surface area contributed by atoms with Crippen molar-refractivity contribution in [2.24, 2.45) is 5.73 Å². The number of hydrogen-bond donors (Lipinski definition) is 2. The summed E-state index contributed by atoms with van der Waals surface area (Å²) in [5, 5.41) is 2.65. The SMILES string of the molecule is C[C@@]12CCC(=O)N1c1ccccc1C(=O)N2CC(=O)Nc1ccccc1C(N)=O. The van der Waals surface area contributed by atoms with E-state index in [1.807, 2.05) is 0 Å². The largest absolute Gasteiger partial charge is 0.366 e. The van der Waals surface area contributed by atoms with Crippen molar-refractivity contribution in [1.82, 2.24) is 4.90 Å². The molecule has 148 valence electrons. The number of primary amides is 1. The molecule has 3 N–H and O–H groups in total. The lowest BCUT2D eigenvalue weighted by Crippen LogP contribution is -2.63. The maximum Gasteiger partial charge on any atom is 0.258 e. The van der Waals surface area contributed by atoms with E-state index in [-0.39, 0.29) is 29.6 Å². The van der Waals surface area contributed by atoms with Crippen LogP contribution in [0.25, 0.3) is 0 Å². The molecule has 1 atom stereocenters. The maximum atomic E-state index is 13.2. The predicted molar refractivity (Wildman–Crippen MR) is 106 cm³/mol. The number of nitrogens with one attached hydrogen (secondary N) is 1. The van der Waals surface area contributed by atoms with Crippen LogP contribution in [0.5, 0.6) is 0 Å². The van der Waals surface area contributed by atoms with Crippen molar-refractivity contribution < 1.29 is 19.2 Å². The highest BCUT2D eigenvalue weighted by molar-refractivity contribution is 6.12. The summed E-state index contributed by atoms with van der Waals surface area (Å²) >= 11 is 0. The molecule has 2 aliphatic rings. The van der Waals surface area contributed by atoms with Crippen LogP contribution in [-0.4, -0.2) is 40.7 Å². The van der Waals surface area contributed by atoms with E-state index < -0.39 is 17.5 Å². The fourth-order valence-corrected chi connectivity index (χ4v) is 4.08. The van der Waals surface area contributed by atoms with Crippen LogP contribution in [0.15, 0.2) is 48.5 Å². The zero-order valence-corrected chi connectivity index (χ0v) is 15.8. The van der Waals surface area contributed by atoms with E-state index in [1.54, 1.807) is 54.3 Å². The van der Waals surface area contributed by atoms with Gasteiger partial charge < -0.3 is 16.0 Å². The summed E-state index contributed by atoms with van der Waals surface area (Å²) in [5.41, 5.74) is 5.84. The number of fused-ring (bicyclic) bond motifs is 3. The number of carbonyl (C=O) groups is 4. The number of hydrogen-bond acceptors (Lipinski definition) is 4. The first-order valence-corrected chi connectivity index (χ1v) is 9.25. The summed E-state index contributed by atoms with van der Waals surface area (Å²) in [4.78, 5) is 53.1. The Morgan fingerprint density at radius 1 is 1.10 bits per heavy atom. The predicted octanol–water partition coefficient (Wildman–Crippen LogP) is 1.72. The molecule has 2 aromatic rings. The topological polar surface area (TPSA) is 113 Å². The van der Waals surface area contributed by atoms with E-state index >= 15 is 0 Å². The lowest BCUT2D eigenvalue weighted by atomic mass is 9.98. The lowest BCUT2D eigenvalue weighted by Gasteiger charge is -2.48. The third-order valence-corrected chi connectivity index (χ3v) is 5.51. The molecule has 0 aliphatic carbocycles. The van der Waals surface area contributed by atoms with E-state index in [2.05, 4.69) is 5.32 Å². The number of nitrogens with two attached hydrogens (primary N) is 1. The van der Waals surface area contributed by atoms with Crippen molar-refractivity contribution >= 4 is 35.0 Å². The van der Waals surface area contributed by atoms with Gasteiger partial charge in [0.05, 0.1) is 22.5 Å². The van der Waals surface area contributed by atoms with Crippen molar-refractivity contribution in [1.29, 1.82) is 0 Å². The van der Waals surface area contributed by atoms with Crippen LogP contribution in [-0.2, 0) is 9.59 Å². The molecular formula is C21H20N4O4. The Kier molecular flexibility index (Phi) is 4.34. The Bertz CT molecular complexity index is 1050. The van der Waals surface area contributed by atoms with Gasteiger partial charge in [0.1, 0.15) is 12.2 Å². The van der Waals surface area contributed by atoms with Crippen molar-refractivity contribution in [3.8, 4) is 0 Å². The van der Waals surface area contributed by atoms with Gasteiger partial charge in [0.2, 0.25) is 11.8 Å². The first-order valence-electron chi connectivity index (χ1n) is 9.25. The molecule has 1 fully saturated rings. The maximum absolute atomic E-state index is 13.2. The fraction of sp³-hybridized carbons (Fsp3) is 0.238. The summed E-state index contributed by atoms with van der Waals surface area (Å²) in [5.74, 6) is -1.54. The average Bonchev–Trinajstić information content (AvgIpc) is 3.01. The molecule has 8 nitrogen and oxygen atoms in total. The highest BCUT2D eigenvalue weighted by atomic mass is 16.2. The number of rotatable bonds is 4. The second kappa shape index (κ2) is 6.73. The third kappa shape index (κ3) is 2.93. The average molecular weight is 392 g/mol. The molecule has 0 radical (unpaired) electrons. The van der Waals surface area contributed by atoms with E-state index in [9.17, 15) is 19.2 Å². The molecule has 2 heterocycles. The minimum Gasteiger partial charge on any atom is -0.366 e. The van der Waals surface area contributed by atoms with Crippen molar-refractivity contribution in [3.05, 3.63) is 59.7 Å². The van der Waals surface area contributed by atoms with Crippen LogP contribution in [0.2, 0.25) is 0 Å². The molecule has 8 heteroatoms. The molecular weight excluding hydrogens is 372 g/mol. The van der Waals surface area contributed by atoms with Crippen LogP contribution in [0.3, 0.4) is 0 Å². The van der Waals surface area contributed by atoms with Gasteiger partial charge in [-0.1, -0.05) is 24.3 Å². The van der Waals surface area contributed by atoms with E-state index in [0.29, 0.717) is 24.1 Å². The monoisotopic (exact) mass is 392 g/mol. The van der Waals surface area contributed by atoms with E-state index in [0.717, 1.165) is 0 Å². The van der Waals surface area contributed by atoms with Gasteiger partial charge in [-0.2, -0.15) is 0 Å². The smallest absolute Gasteiger partial charge is 0.258 e. The molecule has 1 saturated heterocycles. The van der Waals surface area contributed by atoms with Crippen LogP contribution in [0.4, 0.5) is 11.4 Å². The highest BCUT2D eigenvalue weighted by Gasteiger charge is 2.53. The Morgan fingerprint density at radius 2 is 1.79 bits per heavy atom. The zero-order chi connectivity index (χ0) is 20.8. The van der Waals surface area contributed by atoms with Gasteiger partial charge in [0.25, 0.3) is 11.8 Å². The minimum atomic E-state index is -0.928. The quantitative estimate of drug-likeness (QED) is 0.825. The molecule has 4 rings (SSSR count). The summed E-state index contributed by atoms with van der Waals surface area (Å²) < 4.78 is 0. The van der Waals surface area contributed by atoms with E-state index in [1.165, 1.54) is 11.0 Å². The van der Waals surface area contributed by atoms with Gasteiger partial charge in [0.15, 0.2) is 0 Å². The lowest BCUT2D eigenvalue weighted by molar-refractivity contribution is -0.120. The molecule has 0 unspecified atom stereocenters. The van der Waals surface area contributed by atoms with E-state index in [4.69, 9.17) is 5.73 Å². The van der Waals surface area contributed by atoms with Crippen LogP contribution in [0.1, 0.15) is 40.5 Å². The first kappa shape index (κ1) is 18.7. The van der Waals surface area contributed by atoms with Crippen LogP contribution in [0, 0.1) is 0 Å². The molecule has 0 saturated carbocycles.